The molecule has 0 saturated heterocycles. The lowest BCUT2D eigenvalue weighted by Crippen LogP contribution is -2.61. The van der Waals surface area contributed by atoms with Gasteiger partial charge < -0.3 is 20.5 Å². The van der Waals surface area contributed by atoms with Crippen molar-refractivity contribution >= 4 is 12.0 Å². The summed E-state index contributed by atoms with van der Waals surface area (Å²) in [6.07, 6.45) is 9.45. The first-order valence-corrected chi connectivity index (χ1v) is 13.3. The van der Waals surface area contributed by atoms with Gasteiger partial charge in [0, 0.05) is 18.8 Å². The summed E-state index contributed by atoms with van der Waals surface area (Å²) in [5.74, 6) is 2.10. The van der Waals surface area contributed by atoms with Gasteiger partial charge in [-0.3, -0.25) is 9.78 Å². The maximum absolute atomic E-state index is 13.6. The number of carbonyl (C=O) groups is 2. The Hall–Kier alpha value is -2.93. The third-order valence-corrected chi connectivity index (χ3v) is 8.42. The molecule has 2 unspecified atom stereocenters. The van der Waals surface area contributed by atoms with Gasteiger partial charge in [-0.15, -0.1) is 0 Å². The van der Waals surface area contributed by atoms with E-state index in [1.54, 1.807) is 19.3 Å². The first-order chi connectivity index (χ1) is 17.4. The molecule has 4 fully saturated rings. The molecule has 1 aromatic carbocycles. The van der Waals surface area contributed by atoms with E-state index in [9.17, 15) is 14.7 Å². The number of hydrogen-bond acceptors (Lipinski definition) is 5. The molecule has 4 saturated carbocycles. The summed E-state index contributed by atoms with van der Waals surface area (Å²) in [7, 11) is 0. The quantitative estimate of drug-likeness (QED) is 0.497. The van der Waals surface area contributed by atoms with Crippen LogP contribution in [0.1, 0.15) is 50.2 Å². The molecule has 2 amide bonds. The van der Waals surface area contributed by atoms with Crippen LogP contribution in [0.5, 0.6) is 0 Å². The van der Waals surface area contributed by atoms with Crippen molar-refractivity contribution in [2.24, 2.45) is 23.7 Å². The van der Waals surface area contributed by atoms with Crippen molar-refractivity contribution in [2.45, 2.75) is 69.6 Å². The monoisotopic (exact) mass is 491 g/mol. The van der Waals surface area contributed by atoms with Crippen LogP contribution in [0, 0.1) is 23.7 Å². The number of amides is 2. The van der Waals surface area contributed by atoms with E-state index in [-0.39, 0.29) is 25.0 Å². The number of carbonyl (C=O) groups excluding carboxylic acids is 2. The Balaban J connectivity index is 1.28. The standard InChI is InChI=1S/C29H37N3O4/c1-29(16-20-8-5-9-30-17-20,27(34)31-25(18-33)15-19-6-3-2-4-7-19)32-28(35)36-26-23-11-21-10-22(13-23)14-24(26)12-21/h2-9,17,21-26,33H,10-16,18H2,1H3,(H,31,34)(H,32,35). The molecule has 7 nitrogen and oxygen atoms in total. The second kappa shape index (κ2) is 10.6. The molecule has 0 spiro atoms. The lowest BCUT2D eigenvalue weighted by molar-refractivity contribution is -0.128. The van der Waals surface area contributed by atoms with Crippen molar-refractivity contribution in [2.75, 3.05) is 6.61 Å². The van der Waals surface area contributed by atoms with E-state index in [2.05, 4.69) is 15.6 Å². The van der Waals surface area contributed by atoms with Crippen LogP contribution in [0.2, 0.25) is 0 Å². The van der Waals surface area contributed by atoms with E-state index in [1.807, 2.05) is 42.5 Å². The number of pyridine rings is 1. The molecule has 7 heteroatoms. The average Bonchev–Trinajstić information content (AvgIpc) is 2.86. The fraction of sp³-hybridized carbons (Fsp3) is 0.552. The van der Waals surface area contributed by atoms with Gasteiger partial charge in [0.25, 0.3) is 0 Å². The Bertz CT molecular complexity index is 1020. The third kappa shape index (κ3) is 5.56. The summed E-state index contributed by atoms with van der Waals surface area (Å²) in [4.78, 5) is 31.0. The Labute approximate surface area is 213 Å². The van der Waals surface area contributed by atoms with Crippen LogP contribution in [-0.4, -0.2) is 46.4 Å². The maximum atomic E-state index is 13.6. The number of nitrogens with one attached hydrogen (secondary N) is 2. The number of aromatic nitrogens is 1. The predicted molar refractivity (Wildman–Crippen MR) is 136 cm³/mol. The first-order valence-electron chi connectivity index (χ1n) is 13.3. The highest BCUT2D eigenvalue weighted by molar-refractivity contribution is 5.90. The highest BCUT2D eigenvalue weighted by Gasteiger charge is 2.50. The molecule has 4 bridgehead atoms. The minimum atomic E-state index is -1.27. The van der Waals surface area contributed by atoms with Crippen LogP contribution in [0.3, 0.4) is 0 Å². The van der Waals surface area contributed by atoms with Crippen LogP contribution in [-0.2, 0) is 22.4 Å². The van der Waals surface area contributed by atoms with Gasteiger partial charge in [0.05, 0.1) is 12.6 Å². The van der Waals surface area contributed by atoms with Gasteiger partial charge in [0.15, 0.2) is 0 Å². The van der Waals surface area contributed by atoms with Gasteiger partial charge in [-0.05, 0) is 86.3 Å². The van der Waals surface area contributed by atoms with Crippen molar-refractivity contribution in [1.82, 2.24) is 15.6 Å². The lowest BCUT2D eigenvalue weighted by atomic mass is 9.55. The van der Waals surface area contributed by atoms with Crippen molar-refractivity contribution < 1.29 is 19.4 Å². The first kappa shape index (κ1) is 24.8. The minimum absolute atomic E-state index is 0.0632. The Morgan fingerprint density at radius 1 is 1.03 bits per heavy atom. The van der Waals surface area contributed by atoms with Crippen molar-refractivity contribution in [1.29, 1.82) is 0 Å². The minimum Gasteiger partial charge on any atom is -0.446 e. The molecular weight excluding hydrogens is 454 g/mol. The van der Waals surface area contributed by atoms with Crippen molar-refractivity contribution in [3.05, 3.63) is 66.0 Å². The highest BCUT2D eigenvalue weighted by atomic mass is 16.6. The Morgan fingerprint density at radius 3 is 2.31 bits per heavy atom. The second-order valence-electron chi connectivity index (χ2n) is 11.3. The molecule has 192 valence electrons. The molecule has 6 rings (SSSR count). The van der Waals surface area contributed by atoms with Crippen LogP contribution >= 0.6 is 0 Å². The van der Waals surface area contributed by atoms with Gasteiger partial charge in [-0.25, -0.2) is 4.79 Å². The number of hydrogen-bond donors (Lipinski definition) is 3. The van der Waals surface area contributed by atoms with E-state index in [4.69, 9.17) is 4.74 Å². The molecule has 2 aromatic rings. The fourth-order valence-corrected chi connectivity index (χ4v) is 6.94. The number of benzene rings is 1. The van der Waals surface area contributed by atoms with Gasteiger partial charge in [0.2, 0.25) is 5.91 Å². The molecular formula is C29H37N3O4. The zero-order valence-electron chi connectivity index (χ0n) is 20.9. The molecule has 36 heavy (non-hydrogen) atoms. The molecule has 1 heterocycles. The van der Waals surface area contributed by atoms with Crippen LogP contribution in [0.25, 0.3) is 0 Å². The lowest BCUT2D eigenvalue weighted by Gasteiger charge is -2.53. The van der Waals surface area contributed by atoms with E-state index >= 15 is 0 Å². The van der Waals surface area contributed by atoms with Gasteiger partial charge >= 0.3 is 6.09 Å². The Kier molecular flexibility index (Phi) is 7.28. The summed E-state index contributed by atoms with van der Waals surface area (Å²) in [6.45, 7) is 1.51. The van der Waals surface area contributed by atoms with Crippen LogP contribution < -0.4 is 10.6 Å². The summed E-state index contributed by atoms with van der Waals surface area (Å²) >= 11 is 0. The fourth-order valence-electron chi connectivity index (χ4n) is 6.94. The number of alkyl carbamates (subject to hydrolysis) is 1. The molecule has 1 aromatic heterocycles. The van der Waals surface area contributed by atoms with Crippen molar-refractivity contribution in [3.63, 3.8) is 0 Å². The summed E-state index contributed by atoms with van der Waals surface area (Å²) in [6, 6.07) is 12.9. The van der Waals surface area contributed by atoms with E-state index < -0.39 is 17.7 Å². The SMILES string of the molecule is CC(Cc1cccnc1)(NC(=O)OC1C2CC3CC(C2)CC1C3)C(=O)NC(CO)Cc1ccccc1. The zero-order chi connectivity index (χ0) is 25.1. The number of aliphatic hydroxyl groups is 1. The average molecular weight is 492 g/mol. The third-order valence-electron chi connectivity index (χ3n) is 8.42. The van der Waals surface area contributed by atoms with Crippen LogP contribution in [0.4, 0.5) is 4.79 Å². The largest absolute Gasteiger partial charge is 0.446 e. The maximum Gasteiger partial charge on any atom is 0.408 e. The summed E-state index contributed by atoms with van der Waals surface area (Å²) < 4.78 is 6.04. The summed E-state index contributed by atoms with van der Waals surface area (Å²) in [5.41, 5.74) is 0.574. The predicted octanol–water partition coefficient (Wildman–Crippen LogP) is 3.65. The van der Waals surface area contributed by atoms with Gasteiger partial charge in [0.1, 0.15) is 11.6 Å². The number of aliphatic hydroxyl groups excluding tert-OH is 1. The molecule has 0 radical (unpaired) electrons. The zero-order valence-corrected chi connectivity index (χ0v) is 20.9. The smallest absolute Gasteiger partial charge is 0.408 e. The normalized spacial score (nSPS) is 28.7. The van der Waals surface area contributed by atoms with Crippen LogP contribution in [0.15, 0.2) is 54.9 Å². The van der Waals surface area contributed by atoms with Gasteiger partial charge in [-0.2, -0.15) is 0 Å². The topological polar surface area (TPSA) is 101 Å². The van der Waals surface area contributed by atoms with E-state index in [1.165, 1.54) is 6.42 Å². The summed E-state index contributed by atoms with van der Waals surface area (Å²) in [5, 5.41) is 15.8. The van der Waals surface area contributed by atoms with Gasteiger partial charge in [-0.1, -0.05) is 36.4 Å². The van der Waals surface area contributed by atoms with E-state index in [0.717, 1.165) is 48.6 Å². The molecule has 2 atom stereocenters. The van der Waals surface area contributed by atoms with Crippen molar-refractivity contribution in [3.8, 4) is 0 Å². The molecule has 4 aliphatic rings. The number of rotatable bonds is 9. The molecule has 3 N–H and O–H groups in total. The molecule has 0 aliphatic heterocycles. The Morgan fingerprint density at radius 2 is 1.69 bits per heavy atom. The second-order valence-corrected chi connectivity index (χ2v) is 11.3. The number of nitrogens with zero attached hydrogens (tertiary/aromatic N) is 1. The highest BCUT2D eigenvalue weighted by Crippen LogP contribution is 2.54. The number of ether oxygens (including phenoxy) is 1. The molecule has 4 aliphatic carbocycles. The van der Waals surface area contributed by atoms with E-state index in [0.29, 0.717) is 18.3 Å².